The topological polar surface area (TPSA) is 38.3 Å². The van der Waals surface area contributed by atoms with Crippen molar-refractivity contribution in [2.75, 3.05) is 12.4 Å². The molecule has 21 heavy (non-hydrogen) atoms. The Bertz CT molecular complexity index is 660. The van der Waals surface area contributed by atoms with Gasteiger partial charge in [-0.15, -0.1) is 0 Å². The van der Waals surface area contributed by atoms with Gasteiger partial charge in [0.05, 0.1) is 18.2 Å². The van der Waals surface area contributed by atoms with E-state index in [2.05, 4.69) is 5.32 Å². The average Bonchev–Trinajstić information content (AvgIpc) is 3.30. The SMILES string of the molecule is COc1ccc(C)cc1NC(=O)C1(c2ccccc2)CC1. The van der Waals surface area contributed by atoms with Gasteiger partial charge in [0.2, 0.25) is 5.91 Å². The fourth-order valence-corrected chi connectivity index (χ4v) is 2.69. The molecule has 1 fully saturated rings. The van der Waals surface area contributed by atoms with Crippen molar-refractivity contribution in [1.82, 2.24) is 0 Å². The lowest BCUT2D eigenvalue weighted by Crippen LogP contribution is -2.28. The van der Waals surface area contributed by atoms with Crippen LogP contribution in [0.15, 0.2) is 48.5 Å². The number of amides is 1. The number of ether oxygens (including phenoxy) is 1. The van der Waals surface area contributed by atoms with E-state index in [1.807, 2.05) is 55.5 Å². The molecule has 1 N–H and O–H groups in total. The van der Waals surface area contributed by atoms with E-state index in [1.165, 1.54) is 0 Å². The first kappa shape index (κ1) is 13.7. The summed E-state index contributed by atoms with van der Waals surface area (Å²) in [6.07, 6.45) is 1.80. The Hall–Kier alpha value is -2.29. The Balaban J connectivity index is 1.86. The van der Waals surface area contributed by atoms with Gasteiger partial charge < -0.3 is 10.1 Å². The maximum absolute atomic E-state index is 12.7. The zero-order chi connectivity index (χ0) is 14.9. The van der Waals surface area contributed by atoms with Crippen LogP contribution < -0.4 is 10.1 Å². The van der Waals surface area contributed by atoms with E-state index in [0.29, 0.717) is 5.75 Å². The highest BCUT2D eigenvalue weighted by Crippen LogP contribution is 2.49. The Morgan fingerprint density at radius 3 is 2.48 bits per heavy atom. The maximum atomic E-state index is 12.7. The zero-order valence-electron chi connectivity index (χ0n) is 12.3. The minimum atomic E-state index is -0.365. The van der Waals surface area contributed by atoms with Crippen molar-refractivity contribution < 1.29 is 9.53 Å². The highest BCUT2D eigenvalue weighted by Gasteiger charge is 2.51. The molecule has 3 nitrogen and oxygen atoms in total. The highest BCUT2D eigenvalue weighted by atomic mass is 16.5. The predicted molar refractivity (Wildman–Crippen MR) is 83.7 cm³/mol. The molecule has 2 aromatic carbocycles. The number of aryl methyl sites for hydroxylation is 1. The molecule has 0 heterocycles. The van der Waals surface area contributed by atoms with Crippen LogP contribution >= 0.6 is 0 Å². The number of rotatable bonds is 4. The van der Waals surface area contributed by atoms with Crippen LogP contribution in [0, 0.1) is 6.92 Å². The van der Waals surface area contributed by atoms with E-state index in [9.17, 15) is 4.79 Å². The average molecular weight is 281 g/mol. The molecular formula is C18H19NO2. The summed E-state index contributed by atoms with van der Waals surface area (Å²) < 4.78 is 5.33. The molecule has 1 aliphatic carbocycles. The molecule has 0 unspecified atom stereocenters. The quantitative estimate of drug-likeness (QED) is 0.928. The van der Waals surface area contributed by atoms with Gasteiger partial charge in [0.25, 0.3) is 0 Å². The number of carbonyl (C=O) groups excluding carboxylic acids is 1. The summed E-state index contributed by atoms with van der Waals surface area (Å²) in [5, 5.41) is 3.04. The molecule has 3 heteroatoms. The van der Waals surface area contributed by atoms with E-state index >= 15 is 0 Å². The molecule has 1 amide bonds. The van der Waals surface area contributed by atoms with Gasteiger partial charge in [-0.2, -0.15) is 0 Å². The van der Waals surface area contributed by atoms with E-state index in [4.69, 9.17) is 4.74 Å². The van der Waals surface area contributed by atoms with Gasteiger partial charge in [-0.3, -0.25) is 4.79 Å². The normalized spacial score (nSPS) is 15.3. The van der Waals surface area contributed by atoms with Crippen molar-refractivity contribution in [1.29, 1.82) is 0 Å². The second kappa shape index (κ2) is 5.24. The number of hydrogen-bond acceptors (Lipinski definition) is 2. The van der Waals surface area contributed by atoms with Crippen molar-refractivity contribution in [2.45, 2.75) is 25.2 Å². The van der Waals surface area contributed by atoms with Gasteiger partial charge >= 0.3 is 0 Å². The Morgan fingerprint density at radius 1 is 1.14 bits per heavy atom. The van der Waals surface area contributed by atoms with Gasteiger partial charge in [-0.05, 0) is 43.0 Å². The third-order valence-corrected chi connectivity index (χ3v) is 4.11. The summed E-state index contributed by atoms with van der Waals surface area (Å²) in [5.41, 5.74) is 2.56. The fraction of sp³-hybridized carbons (Fsp3) is 0.278. The molecular weight excluding hydrogens is 262 g/mol. The van der Waals surface area contributed by atoms with E-state index in [1.54, 1.807) is 7.11 Å². The lowest BCUT2D eigenvalue weighted by atomic mass is 9.95. The first-order chi connectivity index (χ1) is 10.2. The molecule has 2 aromatic rings. The molecule has 0 radical (unpaired) electrons. The molecule has 0 bridgehead atoms. The molecule has 1 aliphatic rings. The van der Waals surface area contributed by atoms with Crippen molar-refractivity contribution >= 4 is 11.6 Å². The van der Waals surface area contributed by atoms with Gasteiger partial charge in [0.1, 0.15) is 5.75 Å². The lowest BCUT2D eigenvalue weighted by molar-refractivity contribution is -0.118. The standard InChI is InChI=1S/C18H19NO2/c1-13-8-9-16(21-2)15(12-13)19-17(20)18(10-11-18)14-6-4-3-5-7-14/h3-9,12H,10-11H2,1-2H3,(H,19,20). The third kappa shape index (κ3) is 2.51. The smallest absolute Gasteiger partial charge is 0.235 e. The van der Waals surface area contributed by atoms with Crippen LogP contribution in [0.3, 0.4) is 0 Å². The first-order valence-corrected chi connectivity index (χ1v) is 7.17. The fourth-order valence-electron chi connectivity index (χ4n) is 2.69. The predicted octanol–water partition coefficient (Wildman–Crippen LogP) is 3.67. The van der Waals surface area contributed by atoms with Crippen LogP contribution in [-0.2, 0) is 10.2 Å². The summed E-state index contributed by atoms with van der Waals surface area (Å²) in [4.78, 5) is 12.7. The van der Waals surface area contributed by atoms with Crippen molar-refractivity contribution in [3.05, 3.63) is 59.7 Å². The van der Waals surface area contributed by atoms with Crippen molar-refractivity contribution in [3.8, 4) is 5.75 Å². The van der Waals surface area contributed by atoms with Crippen LogP contribution in [0.2, 0.25) is 0 Å². The molecule has 3 rings (SSSR count). The van der Waals surface area contributed by atoms with Crippen LogP contribution in [-0.4, -0.2) is 13.0 Å². The van der Waals surface area contributed by atoms with E-state index < -0.39 is 0 Å². The van der Waals surface area contributed by atoms with Crippen molar-refractivity contribution in [3.63, 3.8) is 0 Å². The monoisotopic (exact) mass is 281 g/mol. The van der Waals surface area contributed by atoms with E-state index in [0.717, 1.165) is 29.7 Å². The van der Waals surface area contributed by atoms with Gasteiger partial charge in [0, 0.05) is 0 Å². The summed E-state index contributed by atoms with van der Waals surface area (Å²) in [6, 6.07) is 15.8. The molecule has 0 atom stereocenters. The number of methoxy groups -OCH3 is 1. The van der Waals surface area contributed by atoms with Gasteiger partial charge in [-0.1, -0.05) is 36.4 Å². The summed E-state index contributed by atoms with van der Waals surface area (Å²) in [7, 11) is 1.62. The summed E-state index contributed by atoms with van der Waals surface area (Å²) in [6.45, 7) is 2.00. The number of hydrogen-bond donors (Lipinski definition) is 1. The molecule has 108 valence electrons. The number of benzene rings is 2. The van der Waals surface area contributed by atoms with Crippen LogP contribution in [0.4, 0.5) is 5.69 Å². The van der Waals surface area contributed by atoms with Crippen molar-refractivity contribution in [2.24, 2.45) is 0 Å². The molecule has 1 saturated carbocycles. The van der Waals surface area contributed by atoms with Crippen LogP contribution in [0.1, 0.15) is 24.0 Å². The second-order valence-electron chi connectivity index (χ2n) is 5.61. The molecule has 0 spiro atoms. The van der Waals surface area contributed by atoms with Crippen LogP contribution in [0.25, 0.3) is 0 Å². The summed E-state index contributed by atoms with van der Waals surface area (Å²) >= 11 is 0. The minimum absolute atomic E-state index is 0.0533. The number of anilines is 1. The Labute approximate surface area is 124 Å². The molecule has 0 saturated heterocycles. The minimum Gasteiger partial charge on any atom is -0.495 e. The Morgan fingerprint density at radius 2 is 1.86 bits per heavy atom. The largest absolute Gasteiger partial charge is 0.495 e. The number of carbonyl (C=O) groups is 1. The Kier molecular flexibility index (Phi) is 3.42. The van der Waals surface area contributed by atoms with Gasteiger partial charge in [-0.25, -0.2) is 0 Å². The summed E-state index contributed by atoms with van der Waals surface area (Å²) in [5.74, 6) is 0.746. The zero-order valence-corrected chi connectivity index (χ0v) is 12.3. The first-order valence-electron chi connectivity index (χ1n) is 7.17. The lowest BCUT2D eigenvalue weighted by Gasteiger charge is -2.17. The maximum Gasteiger partial charge on any atom is 0.235 e. The molecule has 0 aliphatic heterocycles. The second-order valence-corrected chi connectivity index (χ2v) is 5.61. The third-order valence-electron chi connectivity index (χ3n) is 4.11. The van der Waals surface area contributed by atoms with Crippen LogP contribution in [0.5, 0.6) is 5.75 Å². The highest BCUT2D eigenvalue weighted by molar-refractivity contribution is 6.02. The van der Waals surface area contributed by atoms with Gasteiger partial charge in [0.15, 0.2) is 0 Å². The molecule has 0 aromatic heterocycles. The number of nitrogens with one attached hydrogen (secondary N) is 1. The van der Waals surface area contributed by atoms with E-state index in [-0.39, 0.29) is 11.3 Å².